The highest BCUT2D eigenvalue weighted by atomic mass is 19.4. The zero-order chi connectivity index (χ0) is 14.8. The topological polar surface area (TPSA) is 74.7 Å². The first-order valence-corrected chi connectivity index (χ1v) is 6.42. The van der Waals surface area contributed by atoms with Crippen molar-refractivity contribution in [2.45, 2.75) is 43.9 Å². The lowest BCUT2D eigenvalue weighted by Gasteiger charge is -2.30. The quantitative estimate of drug-likeness (QED) is 0.875. The van der Waals surface area contributed by atoms with Gasteiger partial charge < -0.3 is 11.1 Å². The molecule has 1 aliphatic carbocycles. The SMILES string of the molecule is N#Cc1ccc(C(F)(F)F)nc1NC1CCCCC1N. The van der Waals surface area contributed by atoms with Gasteiger partial charge in [-0.2, -0.15) is 18.4 Å². The molecule has 3 N–H and O–H groups in total. The summed E-state index contributed by atoms with van der Waals surface area (Å²) in [5.41, 5.74) is 5.03. The third-order valence-corrected chi connectivity index (χ3v) is 3.45. The summed E-state index contributed by atoms with van der Waals surface area (Å²) in [5.74, 6) is -0.0373. The van der Waals surface area contributed by atoms with Crippen LogP contribution in [0.15, 0.2) is 12.1 Å². The number of hydrogen-bond donors (Lipinski definition) is 2. The van der Waals surface area contributed by atoms with E-state index in [4.69, 9.17) is 11.0 Å². The van der Waals surface area contributed by atoms with Crippen molar-refractivity contribution in [2.24, 2.45) is 5.73 Å². The molecule has 2 atom stereocenters. The van der Waals surface area contributed by atoms with E-state index in [2.05, 4.69) is 10.3 Å². The molecule has 0 saturated heterocycles. The Morgan fingerprint density at radius 3 is 2.60 bits per heavy atom. The van der Waals surface area contributed by atoms with E-state index in [1.54, 1.807) is 0 Å². The zero-order valence-corrected chi connectivity index (χ0v) is 10.7. The van der Waals surface area contributed by atoms with E-state index < -0.39 is 11.9 Å². The fourth-order valence-corrected chi connectivity index (χ4v) is 2.33. The second kappa shape index (κ2) is 5.67. The predicted molar refractivity (Wildman–Crippen MR) is 67.8 cm³/mol. The highest BCUT2D eigenvalue weighted by Crippen LogP contribution is 2.30. The average Bonchev–Trinajstić information content (AvgIpc) is 2.40. The van der Waals surface area contributed by atoms with Crippen LogP contribution in [0.25, 0.3) is 0 Å². The maximum atomic E-state index is 12.7. The second-order valence-corrected chi connectivity index (χ2v) is 4.90. The molecule has 2 unspecified atom stereocenters. The van der Waals surface area contributed by atoms with E-state index in [9.17, 15) is 13.2 Å². The molecule has 0 aliphatic heterocycles. The molecule has 108 valence electrons. The van der Waals surface area contributed by atoms with Crippen molar-refractivity contribution in [1.29, 1.82) is 5.26 Å². The van der Waals surface area contributed by atoms with Gasteiger partial charge in [-0.05, 0) is 25.0 Å². The van der Waals surface area contributed by atoms with Crippen LogP contribution in [0.5, 0.6) is 0 Å². The van der Waals surface area contributed by atoms with Crippen LogP contribution in [0.3, 0.4) is 0 Å². The van der Waals surface area contributed by atoms with Crippen LogP contribution in [0.4, 0.5) is 19.0 Å². The van der Waals surface area contributed by atoms with Gasteiger partial charge in [0.1, 0.15) is 17.6 Å². The molecule has 2 rings (SSSR count). The maximum absolute atomic E-state index is 12.7. The first-order valence-electron chi connectivity index (χ1n) is 6.42. The Labute approximate surface area is 114 Å². The summed E-state index contributed by atoms with van der Waals surface area (Å²) in [6, 6.07) is 3.51. The number of hydrogen-bond acceptors (Lipinski definition) is 4. The molecule has 1 saturated carbocycles. The summed E-state index contributed by atoms with van der Waals surface area (Å²) >= 11 is 0. The second-order valence-electron chi connectivity index (χ2n) is 4.90. The molecule has 1 aliphatic rings. The Morgan fingerprint density at radius 1 is 1.30 bits per heavy atom. The van der Waals surface area contributed by atoms with Crippen LogP contribution in [0, 0.1) is 11.3 Å². The number of halogens is 3. The Morgan fingerprint density at radius 2 is 2.00 bits per heavy atom. The predicted octanol–water partition coefficient (Wildman–Crippen LogP) is 2.65. The normalized spacial score (nSPS) is 23.1. The molecule has 1 heterocycles. The third-order valence-electron chi connectivity index (χ3n) is 3.45. The number of nitriles is 1. The summed E-state index contributed by atoms with van der Waals surface area (Å²) in [5, 5.41) is 11.9. The molecule has 0 amide bonds. The van der Waals surface area contributed by atoms with Crippen molar-refractivity contribution >= 4 is 5.82 Å². The van der Waals surface area contributed by atoms with E-state index >= 15 is 0 Å². The van der Waals surface area contributed by atoms with Crippen molar-refractivity contribution in [3.05, 3.63) is 23.4 Å². The molecule has 0 spiro atoms. The van der Waals surface area contributed by atoms with Gasteiger partial charge in [-0.3, -0.25) is 0 Å². The van der Waals surface area contributed by atoms with Crippen molar-refractivity contribution in [1.82, 2.24) is 4.98 Å². The van der Waals surface area contributed by atoms with Gasteiger partial charge in [-0.15, -0.1) is 0 Å². The van der Waals surface area contributed by atoms with Crippen LogP contribution in [0.1, 0.15) is 36.9 Å². The van der Waals surface area contributed by atoms with E-state index in [1.807, 2.05) is 6.07 Å². The highest BCUT2D eigenvalue weighted by Gasteiger charge is 2.33. The molecular weight excluding hydrogens is 269 g/mol. The number of nitrogens with two attached hydrogens (primary N) is 1. The van der Waals surface area contributed by atoms with Crippen molar-refractivity contribution in [3.63, 3.8) is 0 Å². The summed E-state index contributed by atoms with van der Waals surface area (Å²) < 4.78 is 38.0. The largest absolute Gasteiger partial charge is 0.433 e. The van der Waals surface area contributed by atoms with Crippen LogP contribution in [-0.4, -0.2) is 17.1 Å². The molecule has 20 heavy (non-hydrogen) atoms. The molecule has 0 aromatic carbocycles. The van der Waals surface area contributed by atoms with E-state index in [0.29, 0.717) is 0 Å². The van der Waals surface area contributed by atoms with Gasteiger partial charge >= 0.3 is 6.18 Å². The smallest absolute Gasteiger partial charge is 0.365 e. The fourth-order valence-electron chi connectivity index (χ4n) is 2.33. The zero-order valence-electron chi connectivity index (χ0n) is 10.7. The van der Waals surface area contributed by atoms with Crippen LogP contribution < -0.4 is 11.1 Å². The van der Waals surface area contributed by atoms with Crippen LogP contribution in [0.2, 0.25) is 0 Å². The molecule has 1 aromatic rings. The first-order chi connectivity index (χ1) is 9.41. The van der Waals surface area contributed by atoms with E-state index in [0.717, 1.165) is 37.8 Å². The van der Waals surface area contributed by atoms with Crippen LogP contribution in [-0.2, 0) is 6.18 Å². The molecule has 4 nitrogen and oxygen atoms in total. The Bertz CT molecular complexity index is 521. The van der Waals surface area contributed by atoms with Gasteiger partial charge in [0.15, 0.2) is 0 Å². The number of alkyl halides is 3. The minimum atomic E-state index is -4.53. The lowest BCUT2D eigenvalue weighted by atomic mass is 9.91. The maximum Gasteiger partial charge on any atom is 0.433 e. The molecule has 0 bridgehead atoms. The minimum absolute atomic E-state index is 0.0373. The number of rotatable bonds is 2. The van der Waals surface area contributed by atoms with Crippen LogP contribution >= 0.6 is 0 Å². The van der Waals surface area contributed by atoms with Crippen molar-refractivity contribution < 1.29 is 13.2 Å². The van der Waals surface area contributed by atoms with E-state index in [-0.39, 0.29) is 23.5 Å². The summed E-state index contributed by atoms with van der Waals surface area (Å²) in [6.07, 6.45) is -0.964. The summed E-state index contributed by atoms with van der Waals surface area (Å²) in [4.78, 5) is 3.53. The van der Waals surface area contributed by atoms with Gasteiger partial charge in [-0.25, -0.2) is 4.98 Å². The molecular formula is C13H15F3N4. The number of anilines is 1. The Kier molecular flexibility index (Phi) is 4.14. The number of nitrogens with one attached hydrogen (secondary N) is 1. The Balaban J connectivity index is 2.27. The third kappa shape index (κ3) is 3.20. The highest BCUT2D eigenvalue weighted by molar-refractivity contribution is 5.53. The lowest BCUT2D eigenvalue weighted by molar-refractivity contribution is -0.141. The molecule has 1 fully saturated rings. The summed E-state index contributed by atoms with van der Waals surface area (Å²) in [7, 11) is 0. The fraction of sp³-hybridized carbons (Fsp3) is 0.538. The molecule has 0 radical (unpaired) electrons. The standard InChI is InChI=1S/C13H15F3N4/c14-13(15,16)11-6-5-8(7-17)12(20-11)19-10-4-2-1-3-9(10)18/h5-6,9-10H,1-4,18H2,(H,19,20). The number of pyridine rings is 1. The molecule has 1 aromatic heterocycles. The summed E-state index contributed by atoms with van der Waals surface area (Å²) in [6.45, 7) is 0. The number of nitrogens with zero attached hydrogens (tertiary/aromatic N) is 2. The Hall–Kier alpha value is -1.81. The van der Waals surface area contributed by atoms with Gasteiger partial charge in [0.2, 0.25) is 0 Å². The number of aromatic nitrogens is 1. The average molecular weight is 284 g/mol. The van der Waals surface area contributed by atoms with E-state index in [1.165, 1.54) is 0 Å². The van der Waals surface area contributed by atoms with Gasteiger partial charge in [0.25, 0.3) is 0 Å². The van der Waals surface area contributed by atoms with Gasteiger partial charge in [0, 0.05) is 12.1 Å². The van der Waals surface area contributed by atoms with Gasteiger partial charge in [0.05, 0.1) is 5.56 Å². The van der Waals surface area contributed by atoms with Gasteiger partial charge in [-0.1, -0.05) is 12.8 Å². The first kappa shape index (κ1) is 14.6. The van der Waals surface area contributed by atoms with Crippen molar-refractivity contribution in [2.75, 3.05) is 5.32 Å². The molecule has 7 heteroatoms. The monoisotopic (exact) mass is 284 g/mol. The lowest BCUT2D eigenvalue weighted by Crippen LogP contribution is -2.43. The minimum Gasteiger partial charge on any atom is -0.365 e. The van der Waals surface area contributed by atoms with Crippen molar-refractivity contribution in [3.8, 4) is 6.07 Å².